The van der Waals surface area contributed by atoms with Crippen LogP contribution in [0.5, 0.6) is 11.5 Å². The average Bonchev–Trinajstić information content (AvgIpc) is 2.65. The zero-order chi connectivity index (χ0) is 17.0. The molecule has 0 amide bonds. The Morgan fingerprint density at radius 2 is 1.83 bits per heavy atom. The molecule has 0 radical (unpaired) electrons. The smallest absolute Gasteiger partial charge is 0.235 e. The first kappa shape index (κ1) is 17.4. The van der Waals surface area contributed by atoms with Crippen LogP contribution in [-0.2, 0) is 0 Å². The molecule has 0 bridgehead atoms. The van der Waals surface area contributed by atoms with Crippen LogP contribution in [0.2, 0.25) is 0 Å². The number of methoxy groups -OCH3 is 1. The molecule has 0 saturated heterocycles. The highest BCUT2D eigenvalue weighted by Crippen LogP contribution is 2.22. The summed E-state index contributed by atoms with van der Waals surface area (Å²) in [4.78, 5) is 24.2. The molecule has 0 aliphatic rings. The van der Waals surface area contributed by atoms with Crippen LogP contribution in [0, 0.1) is 0 Å². The van der Waals surface area contributed by atoms with Gasteiger partial charge in [0.1, 0.15) is 5.75 Å². The molecule has 23 heavy (non-hydrogen) atoms. The highest BCUT2D eigenvalue weighted by Gasteiger charge is 2.13. The summed E-state index contributed by atoms with van der Waals surface area (Å²) in [6, 6.07) is 10.0. The van der Waals surface area contributed by atoms with Gasteiger partial charge in [0, 0.05) is 4.47 Å². The number of benzene rings is 1. The van der Waals surface area contributed by atoms with Gasteiger partial charge in [-0.3, -0.25) is 9.59 Å². The van der Waals surface area contributed by atoms with Gasteiger partial charge in [0.15, 0.2) is 11.5 Å². The lowest BCUT2D eigenvalue weighted by molar-refractivity contribution is 0.104. The third-order valence-electron chi connectivity index (χ3n) is 3.04. The van der Waals surface area contributed by atoms with Gasteiger partial charge in [0.25, 0.3) is 0 Å². The fourth-order valence-electron chi connectivity index (χ4n) is 1.83. The van der Waals surface area contributed by atoms with Crippen LogP contribution in [-0.4, -0.2) is 18.0 Å². The van der Waals surface area contributed by atoms with Crippen molar-refractivity contribution in [3.8, 4) is 11.5 Å². The summed E-state index contributed by atoms with van der Waals surface area (Å²) in [5.41, 5.74) is 0.0794. The number of allylic oxidation sites excluding steroid dienone is 1. The molecule has 0 unspecified atom stereocenters. The molecule has 2 aromatic carbocycles. The number of carbonyl (C=O) groups excluding carboxylic acids is 1. The highest BCUT2D eigenvalue weighted by atomic mass is 79.9. The maximum Gasteiger partial charge on any atom is 0.235 e. The Morgan fingerprint density at radius 1 is 1.17 bits per heavy atom. The van der Waals surface area contributed by atoms with E-state index in [-0.39, 0.29) is 10.0 Å². The first-order valence-corrected chi connectivity index (χ1v) is 8.09. The Hall–Kier alpha value is -1.92. The zero-order valence-corrected chi connectivity index (χ0v) is 15.2. The number of ketones is 1. The Kier molecular flexibility index (Phi) is 5.74. The molecule has 0 aromatic heterocycles. The van der Waals surface area contributed by atoms with Crippen molar-refractivity contribution in [3.63, 3.8) is 0 Å². The van der Waals surface area contributed by atoms with Gasteiger partial charge in [-0.05, 0) is 51.8 Å². The number of ether oxygens (including phenoxy) is 1. The Morgan fingerprint density at radius 3 is 2.43 bits per heavy atom. The molecule has 0 heterocycles. The second-order valence-corrected chi connectivity index (χ2v) is 6.35. The molecule has 4 nitrogen and oxygen atoms in total. The lowest BCUT2D eigenvalue weighted by Gasteiger charge is -1.99. The minimum absolute atomic E-state index is 0.0719. The molecular weight excluding hydrogens is 428 g/mol. The van der Waals surface area contributed by atoms with Crippen molar-refractivity contribution < 1.29 is 14.6 Å². The highest BCUT2D eigenvalue weighted by molar-refractivity contribution is 9.11. The largest absolute Gasteiger partial charge is 0.504 e. The molecule has 0 saturated carbocycles. The molecule has 2 rings (SSSR count). The number of carbonyl (C=O) groups is 1. The van der Waals surface area contributed by atoms with Crippen LogP contribution < -0.4 is 10.2 Å². The van der Waals surface area contributed by atoms with Gasteiger partial charge in [0.2, 0.25) is 5.43 Å². The molecule has 2 aromatic rings. The maximum atomic E-state index is 12.3. The second kappa shape index (κ2) is 7.57. The van der Waals surface area contributed by atoms with E-state index >= 15 is 0 Å². The van der Waals surface area contributed by atoms with Crippen LogP contribution in [0.3, 0.4) is 0 Å². The van der Waals surface area contributed by atoms with Gasteiger partial charge in [-0.25, -0.2) is 0 Å². The van der Waals surface area contributed by atoms with E-state index in [2.05, 4.69) is 31.9 Å². The summed E-state index contributed by atoms with van der Waals surface area (Å²) in [6.45, 7) is 0. The molecular formula is C17H12Br2O4. The number of halogens is 2. The van der Waals surface area contributed by atoms with Crippen molar-refractivity contribution >= 4 is 43.7 Å². The predicted octanol–water partition coefficient (Wildman–Crippen LogP) is 4.18. The Balaban J connectivity index is 2.36. The standard InChI is InChI=1S/C17H12Br2O4/c1-23-12-5-2-10(3-6-12)4-7-15(20)13-8-11(18)9-14(19)17(22)16(13)21/h2-9H,1H3,(H,21,22). The molecule has 0 aliphatic heterocycles. The molecule has 0 atom stereocenters. The second-order valence-electron chi connectivity index (χ2n) is 4.58. The third-order valence-corrected chi connectivity index (χ3v) is 4.09. The van der Waals surface area contributed by atoms with E-state index in [0.717, 1.165) is 5.56 Å². The van der Waals surface area contributed by atoms with Crippen molar-refractivity contribution in [1.82, 2.24) is 0 Å². The van der Waals surface area contributed by atoms with Crippen molar-refractivity contribution in [1.29, 1.82) is 0 Å². The zero-order valence-electron chi connectivity index (χ0n) is 12.0. The van der Waals surface area contributed by atoms with E-state index < -0.39 is 17.0 Å². The lowest BCUT2D eigenvalue weighted by atomic mass is 10.1. The summed E-state index contributed by atoms with van der Waals surface area (Å²) in [5.74, 6) is -0.350. The van der Waals surface area contributed by atoms with E-state index in [0.29, 0.717) is 10.2 Å². The van der Waals surface area contributed by atoms with Gasteiger partial charge in [0.05, 0.1) is 17.1 Å². The van der Waals surface area contributed by atoms with Crippen molar-refractivity contribution in [2.45, 2.75) is 0 Å². The first-order valence-electron chi connectivity index (χ1n) is 6.51. The summed E-state index contributed by atoms with van der Waals surface area (Å²) in [6.07, 6.45) is 2.90. The van der Waals surface area contributed by atoms with Crippen molar-refractivity contribution in [2.24, 2.45) is 0 Å². The van der Waals surface area contributed by atoms with Gasteiger partial charge in [-0.2, -0.15) is 0 Å². The minimum atomic E-state index is -0.642. The lowest BCUT2D eigenvalue weighted by Crippen LogP contribution is -2.03. The SMILES string of the molecule is COc1ccc(C=CC(=O)c2cc(Br)cc(Br)c(=O)c2O)cc1. The summed E-state index contributed by atoms with van der Waals surface area (Å²) < 4.78 is 5.73. The minimum Gasteiger partial charge on any atom is -0.504 e. The van der Waals surface area contributed by atoms with Gasteiger partial charge in [-0.15, -0.1) is 0 Å². The molecule has 0 spiro atoms. The van der Waals surface area contributed by atoms with Crippen LogP contribution in [0.25, 0.3) is 6.08 Å². The van der Waals surface area contributed by atoms with Crippen LogP contribution >= 0.6 is 31.9 Å². The summed E-state index contributed by atoms with van der Waals surface area (Å²) in [7, 11) is 1.57. The summed E-state index contributed by atoms with van der Waals surface area (Å²) >= 11 is 6.28. The van der Waals surface area contributed by atoms with Gasteiger partial charge in [-0.1, -0.05) is 34.1 Å². The van der Waals surface area contributed by atoms with E-state index in [1.54, 1.807) is 37.5 Å². The van der Waals surface area contributed by atoms with Crippen LogP contribution in [0.1, 0.15) is 15.9 Å². The fourth-order valence-corrected chi connectivity index (χ4v) is 3.03. The van der Waals surface area contributed by atoms with E-state index in [4.69, 9.17) is 4.74 Å². The van der Waals surface area contributed by atoms with Crippen molar-refractivity contribution in [2.75, 3.05) is 7.11 Å². The molecule has 6 heteroatoms. The number of hydrogen-bond acceptors (Lipinski definition) is 4. The van der Waals surface area contributed by atoms with E-state index in [1.165, 1.54) is 18.2 Å². The van der Waals surface area contributed by atoms with Gasteiger partial charge < -0.3 is 9.84 Å². The normalized spacial score (nSPS) is 10.7. The van der Waals surface area contributed by atoms with Gasteiger partial charge >= 0.3 is 0 Å². The number of aromatic hydroxyl groups is 1. The molecule has 0 fully saturated rings. The molecule has 118 valence electrons. The fraction of sp³-hybridized carbons (Fsp3) is 0.0588. The average molecular weight is 440 g/mol. The molecule has 0 aliphatic carbocycles. The summed E-state index contributed by atoms with van der Waals surface area (Å²) in [5, 5.41) is 9.96. The topological polar surface area (TPSA) is 63.6 Å². The number of rotatable bonds is 4. The monoisotopic (exact) mass is 438 g/mol. The third kappa shape index (κ3) is 4.30. The maximum absolute atomic E-state index is 12.3. The van der Waals surface area contributed by atoms with Crippen LogP contribution in [0.4, 0.5) is 0 Å². The van der Waals surface area contributed by atoms with Crippen LogP contribution in [0.15, 0.2) is 56.2 Å². The van der Waals surface area contributed by atoms with E-state index in [1.807, 2.05) is 0 Å². The quantitative estimate of drug-likeness (QED) is 0.573. The number of hydrogen-bond donors (Lipinski definition) is 1. The molecule has 1 N–H and O–H groups in total. The predicted molar refractivity (Wildman–Crippen MR) is 96.1 cm³/mol. The Labute approximate surface area is 149 Å². The van der Waals surface area contributed by atoms with Crippen molar-refractivity contribution in [3.05, 3.63) is 72.8 Å². The Bertz CT molecular complexity index is 827. The first-order chi connectivity index (χ1) is 10.9. The van der Waals surface area contributed by atoms with E-state index in [9.17, 15) is 14.7 Å².